The summed E-state index contributed by atoms with van der Waals surface area (Å²) in [6.07, 6.45) is 1.65. The van der Waals surface area contributed by atoms with Crippen LogP contribution in [0.25, 0.3) is 11.3 Å². The summed E-state index contributed by atoms with van der Waals surface area (Å²) in [5.74, 6) is 0.528. The van der Waals surface area contributed by atoms with Crippen LogP contribution in [0.5, 0.6) is 5.75 Å². The van der Waals surface area contributed by atoms with E-state index in [2.05, 4.69) is 10.2 Å². The molecule has 0 fully saturated rings. The van der Waals surface area contributed by atoms with E-state index in [1.165, 1.54) is 4.80 Å². The summed E-state index contributed by atoms with van der Waals surface area (Å²) in [4.78, 5) is 1.47. The molecule has 6 nitrogen and oxygen atoms in total. The van der Waals surface area contributed by atoms with Crippen molar-refractivity contribution in [1.82, 2.24) is 15.0 Å². The van der Waals surface area contributed by atoms with Gasteiger partial charge in [0.25, 0.3) is 0 Å². The fraction of sp³-hybridized carbons (Fsp3) is 0.200. The molecule has 0 radical (unpaired) electrons. The van der Waals surface area contributed by atoms with E-state index in [-0.39, 0.29) is 0 Å². The number of hydrogen-bond acceptors (Lipinski definition) is 5. The zero-order valence-corrected chi connectivity index (χ0v) is 9.14. The third-order valence-corrected chi connectivity index (χ3v) is 2.31. The molecule has 0 aliphatic heterocycles. The number of ether oxygens (including phenoxy) is 1. The van der Waals surface area contributed by atoms with E-state index in [1.807, 2.05) is 6.07 Å². The maximum Gasteiger partial charge on any atom is 0.153 e. The maximum absolute atomic E-state index is 5.83. The van der Waals surface area contributed by atoms with Gasteiger partial charge in [-0.25, -0.2) is 0 Å². The summed E-state index contributed by atoms with van der Waals surface area (Å²) in [6.45, 7) is 0. The summed E-state index contributed by atoms with van der Waals surface area (Å²) >= 11 is 0. The third-order valence-electron chi connectivity index (χ3n) is 2.31. The molecular formula is C10H13N5O. The normalized spacial score (nSPS) is 10.4. The van der Waals surface area contributed by atoms with Crippen molar-refractivity contribution in [1.29, 1.82) is 0 Å². The highest BCUT2D eigenvalue weighted by molar-refractivity contribution is 5.82. The van der Waals surface area contributed by atoms with E-state index in [0.29, 0.717) is 22.8 Å². The van der Waals surface area contributed by atoms with Gasteiger partial charge in [0, 0.05) is 12.6 Å². The summed E-state index contributed by atoms with van der Waals surface area (Å²) < 4.78 is 5.24. The minimum absolute atomic E-state index is 0.422. The Morgan fingerprint density at radius 2 is 2.06 bits per heavy atom. The van der Waals surface area contributed by atoms with Crippen LogP contribution in [0.2, 0.25) is 0 Å². The number of nitrogens with two attached hydrogens (primary N) is 2. The second-order valence-corrected chi connectivity index (χ2v) is 3.37. The molecule has 16 heavy (non-hydrogen) atoms. The Hall–Kier alpha value is -2.24. The van der Waals surface area contributed by atoms with Gasteiger partial charge < -0.3 is 16.2 Å². The quantitative estimate of drug-likeness (QED) is 0.724. The van der Waals surface area contributed by atoms with Gasteiger partial charge in [-0.1, -0.05) is 0 Å². The van der Waals surface area contributed by atoms with Crippen LogP contribution >= 0.6 is 0 Å². The Balaban J connectivity index is 2.61. The minimum atomic E-state index is 0.422. The highest BCUT2D eigenvalue weighted by Gasteiger charge is 2.13. The molecule has 4 N–H and O–H groups in total. The van der Waals surface area contributed by atoms with Gasteiger partial charge in [-0.05, 0) is 12.1 Å². The van der Waals surface area contributed by atoms with Crippen LogP contribution in [-0.2, 0) is 7.05 Å². The summed E-state index contributed by atoms with van der Waals surface area (Å²) in [5.41, 5.74) is 13.9. The second-order valence-electron chi connectivity index (χ2n) is 3.37. The van der Waals surface area contributed by atoms with E-state index in [0.717, 1.165) is 5.56 Å². The summed E-state index contributed by atoms with van der Waals surface area (Å²) in [6, 6.07) is 3.54. The van der Waals surface area contributed by atoms with E-state index >= 15 is 0 Å². The molecule has 0 amide bonds. The number of rotatable bonds is 2. The number of aromatic nitrogens is 3. The predicted octanol–water partition coefficient (Wildman–Crippen LogP) is 0.655. The molecule has 0 aliphatic rings. The molecule has 0 saturated carbocycles. The van der Waals surface area contributed by atoms with Crippen molar-refractivity contribution >= 4 is 11.4 Å². The molecule has 0 unspecified atom stereocenters. The molecule has 0 bridgehead atoms. The van der Waals surface area contributed by atoms with E-state index < -0.39 is 0 Å². The lowest BCUT2D eigenvalue weighted by atomic mass is 10.1. The van der Waals surface area contributed by atoms with Crippen molar-refractivity contribution in [2.24, 2.45) is 7.05 Å². The Labute approximate surface area is 92.8 Å². The average Bonchev–Trinajstić information content (AvgIpc) is 2.68. The number of anilines is 2. The van der Waals surface area contributed by atoms with Crippen molar-refractivity contribution in [2.45, 2.75) is 0 Å². The largest absolute Gasteiger partial charge is 0.494 e. The molecule has 0 spiro atoms. The van der Waals surface area contributed by atoms with Crippen LogP contribution in [0.15, 0.2) is 18.3 Å². The zero-order valence-electron chi connectivity index (χ0n) is 9.14. The van der Waals surface area contributed by atoms with Gasteiger partial charge in [0.2, 0.25) is 0 Å². The molecule has 0 saturated heterocycles. The van der Waals surface area contributed by atoms with Gasteiger partial charge in [-0.2, -0.15) is 15.0 Å². The SMILES string of the molecule is COc1c(-c2cnn(C)n2)ccc(N)c1N. The Bertz CT molecular complexity index is 520. The van der Waals surface area contributed by atoms with Crippen LogP contribution in [0.3, 0.4) is 0 Å². The van der Waals surface area contributed by atoms with Crippen molar-refractivity contribution in [3.05, 3.63) is 18.3 Å². The van der Waals surface area contributed by atoms with Crippen molar-refractivity contribution in [3.8, 4) is 17.0 Å². The Morgan fingerprint density at radius 1 is 1.31 bits per heavy atom. The summed E-state index contributed by atoms with van der Waals surface area (Å²) in [7, 11) is 3.29. The number of hydrogen-bond donors (Lipinski definition) is 2. The molecule has 1 heterocycles. The van der Waals surface area contributed by atoms with Crippen molar-refractivity contribution < 1.29 is 4.74 Å². The Kier molecular flexibility index (Phi) is 2.40. The topological polar surface area (TPSA) is 92.0 Å². The van der Waals surface area contributed by atoms with Gasteiger partial charge in [-0.3, -0.25) is 0 Å². The molecule has 6 heteroatoms. The van der Waals surface area contributed by atoms with Crippen LogP contribution in [-0.4, -0.2) is 22.1 Å². The van der Waals surface area contributed by atoms with Gasteiger partial charge in [-0.15, -0.1) is 0 Å². The minimum Gasteiger partial charge on any atom is -0.494 e. The van der Waals surface area contributed by atoms with E-state index in [9.17, 15) is 0 Å². The first-order chi connectivity index (χ1) is 7.63. The molecule has 2 aromatic rings. The average molecular weight is 219 g/mol. The maximum atomic E-state index is 5.83. The predicted molar refractivity (Wildman–Crippen MR) is 61.8 cm³/mol. The lowest BCUT2D eigenvalue weighted by Crippen LogP contribution is -2.00. The van der Waals surface area contributed by atoms with Crippen LogP contribution in [0.4, 0.5) is 11.4 Å². The lowest BCUT2D eigenvalue weighted by Gasteiger charge is -2.10. The molecule has 1 aromatic carbocycles. The van der Waals surface area contributed by atoms with Crippen LogP contribution in [0, 0.1) is 0 Å². The number of aryl methyl sites for hydroxylation is 1. The highest BCUT2D eigenvalue weighted by atomic mass is 16.5. The van der Waals surface area contributed by atoms with Crippen molar-refractivity contribution in [3.63, 3.8) is 0 Å². The first-order valence-electron chi connectivity index (χ1n) is 4.72. The number of nitrogens with zero attached hydrogens (tertiary/aromatic N) is 3. The number of methoxy groups -OCH3 is 1. The first-order valence-corrected chi connectivity index (χ1v) is 4.72. The van der Waals surface area contributed by atoms with Gasteiger partial charge in [0.1, 0.15) is 5.69 Å². The lowest BCUT2D eigenvalue weighted by molar-refractivity contribution is 0.418. The standard InChI is InChI=1S/C10H13N5O/c1-15-13-5-8(14-15)6-3-4-7(11)9(12)10(6)16-2/h3-5H,11-12H2,1-2H3. The van der Waals surface area contributed by atoms with Crippen LogP contribution in [0.1, 0.15) is 0 Å². The van der Waals surface area contributed by atoms with Crippen molar-refractivity contribution in [2.75, 3.05) is 18.6 Å². The molecule has 2 rings (SSSR count). The number of benzene rings is 1. The number of nitrogen functional groups attached to an aromatic ring is 2. The van der Waals surface area contributed by atoms with E-state index in [1.54, 1.807) is 26.4 Å². The smallest absolute Gasteiger partial charge is 0.153 e. The van der Waals surface area contributed by atoms with Gasteiger partial charge >= 0.3 is 0 Å². The van der Waals surface area contributed by atoms with E-state index in [4.69, 9.17) is 16.2 Å². The van der Waals surface area contributed by atoms with Gasteiger partial charge in [0.05, 0.1) is 24.7 Å². The zero-order chi connectivity index (χ0) is 11.7. The first kappa shape index (κ1) is 10.3. The molecule has 84 valence electrons. The second kappa shape index (κ2) is 3.73. The molecule has 0 aliphatic carbocycles. The fourth-order valence-electron chi connectivity index (χ4n) is 1.51. The summed E-state index contributed by atoms with van der Waals surface area (Å²) in [5, 5.41) is 8.19. The highest BCUT2D eigenvalue weighted by Crippen LogP contribution is 2.36. The molecule has 0 atom stereocenters. The monoisotopic (exact) mass is 219 g/mol. The van der Waals surface area contributed by atoms with Crippen LogP contribution < -0.4 is 16.2 Å². The third kappa shape index (κ3) is 1.54. The Morgan fingerprint density at radius 3 is 2.62 bits per heavy atom. The van der Waals surface area contributed by atoms with Gasteiger partial charge in [0.15, 0.2) is 5.75 Å². The molecular weight excluding hydrogens is 206 g/mol. The molecule has 1 aromatic heterocycles. The fourth-order valence-corrected chi connectivity index (χ4v) is 1.51.